The van der Waals surface area contributed by atoms with Gasteiger partial charge in [0, 0.05) is 56.3 Å². The largest absolute Gasteiger partial charge is 0.336 e. The molecule has 2 amide bonds. The number of urea groups is 1. The first-order valence-corrected chi connectivity index (χ1v) is 13.2. The van der Waals surface area contributed by atoms with Gasteiger partial charge in [0.1, 0.15) is 5.82 Å². The molecule has 3 rings (SSSR count). The number of amides is 2. The highest BCUT2D eigenvalue weighted by Crippen LogP contribution is 2.20. The van der Waals surface area contributed by atoms with Gasteiger partial charge in [0.15, 0.2) is 0 Å². The average Bonchev–Trinajstić information content (AvgIpc) is 2.78. The second kappa shape index (κ2) is 11.4. The maximum Gasteiger partial charge on any atom is 0.317 e. The zero-order valence-electron chi connectivity index (χ0n) is 18.9. The summed E-state index contributed by atoms with van der Waals surface area (Å²) in [6.07, 6.45) is 0. The molecule has 1 saturated heterocycles. The van der Waals surface area contributed by atoms with Crippen molar-refractivity contribution in [1.29, 1.82) is 0 Å². The smallest absolute Gasteiger partial charge is 0.317 e. The van der Waals surface area contributed by atoms with Crippen LogP contribution in [0.1, 0.15) is 19.4 Å². The van der Waals surface area contributed by atoms with E-state index in [1.54, 1.807) is 41.3 Å². The van der Waals surface area contributed by atoms with Crippen LogP contribution < -0.4 is 5.32 Å². The molecule has 0 aromatic heterocycles. The van der Waals surface area contributed by atoms with E-state index in [9.17, 15) is 17.6 Å². The number of hydrogen-bond donors (Lipinski definition) is 1. The number of halogens is 2. The molecule has 0 atom stereocenters. The molecular formula is C23H30BrFN4O3S. The number of nitrogens with zero attached hydrogens (tertiary/aromatic N) is 3. The lowest BCUT2D eigenvalue weighted by Gasteiger charge is -2.35. The Bertz CT molecular complexity index is 1020. The molecule has 0 saturated carbocycles. The summed E-state index contributed by atoms with van der Waals surface area (Å²) in [5.74, 6) is -0.312. The predicted octanol–water partition coefficient (Wildman–Crippen LogP) is 3.51. The Morgan fingerprint density at radius 2 is 1.67 bits per heavy atom. The highest BCUT2D eigenvalue weighted by atomic mass is 79.9. The van der Waals surface area contributed by atoms with Crippen LogP contribution in [-0.2, 0) is 16.6 Å². The summed E-state index contributed by atoms with van der Waals surface area (Å²) < 4.78 is 41.4. The van der Waals surface area contributed by atoms with E-state index < -0.39 is 10.0 Å². The highest BCUT2D eigenvalue weighted by molar-refractivity contribution is 9.10. The van der Waals surface area contributed by atoms with Gasteiger partial charge in [-0.3, -0.25) is 4.90 Å². The van der Waals surface area contributed by atoms with Crippen LogP contribution in [-0.4, -0.2) is 73.9 Å². The molecule has 1 fully saturated rings. The van der Waals surface area contributed by atoms with Crippen LogP contribution >= 0.6 is 15.9 Å². The van der Waals surface area contributed by atoms with Crippen molar-refractivity contribution in [2.45, 2.75) is 31.3 Å². The van der Waals surface area contributed by atoms with Gasteiger partial charge >= 0.3 is 6.03 Å². The lowest BCUT2D eigenvalue weighted by Crippen LogP contribution is -2.51. The summed E-state index contributed by atoms with van der Waals surface area (Å²) in [5, 5.41) is 2.91. The van der Waals surface area contributed by atoms with E-state index in [4.69, 9.17) is 0 Å². The number of rotatable bonds is 8. The molecule has 180 valence electrons. The van der Waals surface area contributed by atoms with Crippen LogP contribution in [0.2, 0.25) is 0 Å². The summed E-state index contributed by atoms with van der Waals surface area (Å²) in [4.78, 5) is 16.8. The zero-order valence-corrected chi connectivity index (χ0v) is 21.3. The van der Waals surface area contributed by atoms with Crippen LogP contribution in [0, 0.1) is 5.82 Å². The normalized spacial score (nSPS) is 15.5. The Morgan fingerprint density at radius 3 is 2.24 bits per heavy atom. The number of nitrogens with one attached hydrogen (secondary N) is 1. The van der Waals surface area contributed by atoms with Crippen molar-refractivity contribution in [2.75, 3.05) is 39.3 Å². The molecule has 1 N–H and O–H groups in total. The van der Waals surface area contributed by atoms with E-state index in [1.807, 2.05) is 13.8 Å². The van der Waals surface area contributed by atoms with Gasteiger partial charge in [-0.1, -0.05) is 28.1 Å². The topological polar surface area (TPSA) is 73.0 Å². The number of carbonyl (C=O) groups excluding carboxylic acids is 1. The third kappa shape index (κ3) is 7.23. The van der Waals surface area contributed by atoms with Crippen LogP contribution in [0.25, 0.3) is 0 Å². The molecule has 0 radical (unpaired) electrons. The van der Waals surface area contributed by atoms with Gasteiger partial charge in [-0.25, -0.2) is 17.6 Å². The van der Waals surface area contributed by atoms with Crippen molar-refractivity contribution >= 4 is 32.0 Å². The van der Waals surface area contributed by atoms with Gasteiger partial charge in [-0.2, -0.15) is 4.31 Å². The molecule has 2 aromatic carbocycles. The van der Waals surface area contributed by atoms with Crippen LogP contribution in [0.4, 0.5) is 9.18 Å². The van der Waals surface area contributed by atoms with Gasteiger partial charge in [0.2, 0.25) is 10.0 Å². The van der Waals surface area contributed by atoms with Crippen molar-refractivity contribution < 1.29 is 17.6 Å². The number of piperazine rings is 1. The van der Waals surface area contributed by atoms with E-state index in [-0.39, 0.29) is 22.8 Å². The Balaban J connectivity index is 1.57. The SMILES string of the molecule is CC(C)NC(=O)N(CCN1CCN(S(=O)(=O)c2ccc(Br)cc2)CC1)Cc1ccc(F)cc1. The third-order valence-electron chi connectivity index (χ3n) is 5.45. The summed E-state index contributed by atoms with van der Waals surface area (Å²) in [5.41, 5.74) is 0.848. The minimum atomic E-state index is -3.52. The first kappa shape index (κ1) is 25.6. The van der Waals surface area contributed by atoms with Gasteiger partial charge in [-0.15, -0.1) is 0 Å². The minimum absolute atomic E-state index is 0.000536. The monoisotopic (exact) mass is 540 g/mol. The van der Waals surface area contributed by atoms with Crippen LogP contribution in [0.5, 0.6) is 0 Å². The zero-order chi connectivity index (χ0) is 24.0. The maximum atomic E-state index is 13.2. The fourth-order valence-corrected chi connectivity index (χ4v) is 5.30. The number of benzene rings is 2. The van der Waals surface area contributed by atoms with E-state index in [0.29, 0.717) is 45.8 Å². The van der Waals surface area contributed by atoms with Crippen molar-refractivity contribution in [1.82, 2.24) is 19.4 Å². The second-order valence-corrected chi connectivity index (χ2v) is 11.2. The number of sulfonamides is 1. The molecular weight excluding hydrogens is 511 g/mol. The van der Waals surface area contributed by atoms with Gasteiger partial charge in [-0.05, 0) is 55.8 Å². The summed E-state index contributed by atoms with van der Waals surface area (Å²) in [6.45, 7) is 7.25. The van der Waals surface area contributed by atoms with Crippen molar-refractivity contribution in [2.24, 2.45) is 0 Å². The lowest BCUT2D eigenvalue weighted by atomic mass is 10.2. The fraction of sp³-hybridized carbons (Fsp3) is 0.435. The summed E-state index contributed by atoms with van der Waals surface area (Å²) in [7, 11) is -3.52. The van der Waals surface area contributed by atoms with Crippen molar-refractivity contribution in [3.8, 4) is 0 Å². The quantitative estimate of drug-likeness (QED) is 0.556. The fourth-order valence-electron chi connectivity index (χ4n) is 3.61. The Morgan fingerprint density at radius 1 is 1.06 bits per heavy atom. The van der Waals surface area contributed by atoms with Crippen LogP contribution in [0.15, 0.2) is 57.9 Å². The Kier molecular flexibility index (Phi) is 8.86. The van der Waals surface area contributed by atoms with Crippen molar-refractivity contribution in [3.05, 3.63) is 64.4 Å². The molecule has 0 aliphatic carbocycles. The van der Waals surface area contributed by atoms with Gasteiger partial charge < -0.3 is 10.2 Å². The van der Waals surface area contributed by atoms with Crippen molar-refractivity contribution in [3.63, 3.8) is 0 Å². The molecule has 1 aliphatic rings. The van der Waals surface area contributed by atoms with E-state index >= 15 is 0 Å². The molecule has 7 nitrogen and oxygen atoms in total. The number of hydrogen-bond acceptors (Lipinski definition) is 4. The Labute approximate surface area is 203 Å². The standard InChI is InChI=1S/C23H30BrFN4O3S/c1-18(2)26-23(30)28(17-19-3-7-21(25)8-4-19)14-11-27-12-15-29(16-13-27)33(31,32)22-9-5-20(24)6-10-22/h3-10,18H,11-17H2,1-2H3,(H,26,30). The minimum Gasteiger partial charge on any atom is -0.336 e. The molecule has 2 aromatic rings. The molecule has 1 aliphatic heterocycles. The summed E-state index contributed by atoms with van der Waals surface area (Å²) in [6, 6.07) is 12.6. The lowest BCUT2D eigenvalue weighted by molar-refractivity contribution is 0.155. The van der Waals surface area contributed by atoms with Gasteiger partial charge in [0.05, 0.1) is 4.90 Å². The molecule has 0 spiro atoms. The van der Waals surface area contributed by atoms with Crippen LogP contribution in [0.3, 0.4) is 0 Å². The maximum absolute atomic E-state index is 13.2. The average molecular weight is 541 g/mol. The summed E-state index contributed by atoms with van der Waals surface area (Å²) >= 11 is 3.33. The number of carbonyl (C=O) groups is 1. The first-order valence-electron chi connectivity index (χ1n) is 10.9. The Hall–Kier alpha value is -2.01. The molecule has 1 heterocycles. The molecule has 0 bridgehead atoms. The molecule has 33 heavy (non-hydrogen) atoms. The molecule has 10 heteroatoms. The van der Waals surface area contributed by atoms with E-state index in [2.05, 4.69) is 26.1 Å². The van der Waals surface area contributed by atoms with E-state index in [0.717, 1.165) is 10.0 Å². The highest BCUT2D eigenvalue weighted by Gasteiger charge is 2.28. The first-order chi connectivity index (χ1) is 15.6. The third-order valence-corrected chi connectivity index (χ3v) is 7.90. The molecule has 0 unspecified atom stereocenters. The van der Waals surface area contributed by atoms with Gasteiger partial charge in [0.25, 0.3) is 0 Å². The van der Waals surface area contributed by atoms with E-state index in [1.165, 1.54) is 16.4 Å². The predicted molar refractivity (Wildman–Crippen MR) is 130 cm³/mol. The second-order valence-electron chi connectivity index (χ2n) is 8.35.